The van der Waals surface area contributed by atoms with E-state index in [9.17, 15) is 4.79 Å². The molecule has 0 atom stereocenters. The molecule has 2 nitrogen and oxygen atoms in total. The molecule has 0 aliphatic rings. The summed E-state index contributed by atoms with van der Waals surface area (Å²) in [6, 6.07) is 3.77. The van der Waals surface area contributed by atoms with Gasteiger partial charge in [0.15, 0.2) is 0 Å². The quantitative estimate of drug-likeness (QED) is 0.729. The number of carbonyl (C=O) groups excluding carboxylic acids is 1. The van der Waals surface area contributed by atoms with Crippen LogP contribution >= 0.6 is 11.3 Å². The summed E-state index contributed by atoms with van der Waals surface area (Å²) in [4.78, 5) is 14.3. The Hall–Kier alpha value is -0.830. The molecule has 3 heteroatoms. The van der Waals surface area contributed by atoms with Crippen molar-refractivity contribution in [2.45, 2.75) is 13.8 Å². The van der Waals surface area contributed by atoms with E-state index in [1.54, 1.807) is 4.90 Å². The van der Waals surface area contributed by atoms with Gasteiger partial charge in [-0.15, -0.1) is 11.3 Å². The van der Waals surface area contributed by atoms with Crippen molar-refractivity contribution in [3.05, 3.63) is 22.4 Å². The number of hydrogen-bond donors (Lipinski definition) is 0. The minimum atomic E-state index is 0.128. The van der Waals surface area contributed by atoms with Gasteiger partial charge in [-0.05, 0) is 17.4 Å². The predicted octanol–water partition coefficient (Wildman–Crippen LogP) is 2.48. The van der Waals surface area contributed by atoms with Gasteiger partial charge in [0.1, 0.15) is 0 Å². The summed E-state index contributed by atoms with van der Waals surface area (Å²) >= 11 is 1.50. The molecule has 0 unspecified atom stereocenters. The monoisotopic (exact) mass is 197 g/mol. The van der Waals surface area contributed by atoms with Crippen molar-refractivity contribution in [3.63, 3.8) is 0 Å². The molecule has 1 heterocycles. The van der Waals surface area contributed by atoms with Gasteiger partial charge in [0.05, 0.1) is 4.88 Å². The van der Waals surface area contributed by atoms with Crippen LogP contribution in [-0.4, -0.2) is 24.4 Å². The highest BCUT2D eigenvalue weighted by molar-refractivity contribution is 7.12. The third kappa shape index (κ3) is 2.84. The maximum absolute atomic E-state index is 11.7. The van der Waals surface area contributed by atoms with Gasteiger partial charge in [-0.3, -0.25) is 4.79 Å². The lowest BCUT2D eigenvalue weighted by Crippen LogP contribution is -2.29. The van der Waals surface area contributed by atoms with Gasteiger partial charge in [-0.1, -0.05) is 19.9 Å². The second kappa shape index (κ2) is 4.42. The van der Waals surface area contributed by atoms with Crippen molar-refractivity contribution in [3.8, 4) is 0 Å². The first-order valence-electron chi connectivity index (χ1n) is 4.40. The standard InChI is InChI=1S/C10H15NOS/c1-8(2)7-11(3)10(12)9-5-4-6-13-9/h4-6,8H,7H2,1-3H3. The summed E-state index contributed by atoms with van der Waals surface area (Å²) in [7, 11) is 1.85. The zero-order valence-corrected chi connectivity index (χ0v) is 9.10. The molecule has 0 aliphatic heterocycles. The first kappa shape index (κ1) is 10.3. The van der Waals surface area contributed by atoms with Crippen LogP contribution in [0.4, 0.5) is 0 Å². The third-order valence-electron chi connectivity index (χ3n) is 1.72. The number of rotatable bonds is 3. The normalized spacial score (nSPS) is 10.5. The van der Waals surface area contributed by atoms with Gasteiger partial charge in [-0.25, -0.2) is 0 Å². The Balaban J connectivity index is 2.58. The van der Waals surface area contributed by atoms with Crippen molar-refractivity contribution >= 4 is 17.2 Å². The number of carbonyl (C=O) groups is 1. The smallest absolute Gasteiger partial charge is 0.263 e. The van der Waals surface area contributed by atoms with Crippen LogP contribution in [0.2, 0.25) is 0 Å². The lowest BCUT2D eigenvalue weighted by molar-refractivity contribution is 0.0784. The summed E-state index contributed by atoms with van der Waals surface area (Å²) in [6.45, 7) is 5.03. The highest BCUT2D eigenvalue weighted by atomic mass is 32.1. The Morgan fingerprint density at radius 3 is 2.77 bits per heavy atom. The molecule has 0 N–H and O–H groups in total. The Morgan fingerprint density at radius 1 is 1.62 bits per heavy atom. The fourth-order valence-electron chi connectivity index (χ4n) is 1.22. The van der Waals surface area contributed by atoms with E-state index in [1.807, 2.05) is 24.6 Å². The lowest BCUT2D eigenvalue weighted by atomic mass is 10.2. The third-order valence-corrected chi connectivity index (χ3v) is 2.58. The second-order valence-corrected chi connectivity index (χ2v) is 4.50. The molecule has 0 fully saturated rings. The number of thiophene rings is 1. The SMILES string of the molecule is CC(C)CN(C)C(=O)c1cccs1. The molecule has 0 aliphatic carbocycles. The van der Waals surface area contributed by atoms with E-state index < -0.39 is 0 Å². The highest BCUT2D eigenvalue weighted by Crippen LogP contribution is 2.11. The summed E-state index contributed by atoms with van der Waals surface area (Å²) in [5.41, 5.74) is 0. The van der Waals surface area contributed by atoms with Crippen LogP contribution < -0.4 is 0 Å². The molecule has 1 aromatic rings. The number of amides is 1. The van der Waals surface area contributed by atoms with Gasteiger partial charge >= 0.3 is 0 Å². The van der Waals surface area contributed by atoms with Gasteiger partial charge in [0.25, 0.3) is 5.91 Å². The molecule has 1 rings (SSSR count). The molecule has 0 saturated carbocycles. The predicted molar refractivity (Wildman–Crippen MR) is 56.1 cm³/mol. The summed E-state index contributed by atoms with van der Waals surface area (Å²) in [5, 5.41) is 1.93. The lowest BCUT2D eigenvalue weighted by Gasteiger charge is -2.18. The molecule has 0 aromatic carbocycles. The molecular formula is C10H15NOS. The van der Waals surface area contributed by atoms with Crippen LogP contribution in [0, 0.1) is 5.92 Å². The zero-order valence-electron chi connectivity index (χ0n) is 8.28. The molecule has 1 amide bonds. The van der Waals surface area contributed by atoms with E-state index in [0.29, 0.717) is 5.92 Å². The van der Waals surface area contributed by atoms with Crippen LogP contribution in [0.5, 0.6) is 0 Å². The van der Waals surface area contributed by atoms with E-state index in [4.69, 9.17) is 0 Å². The Labute approximate surface area is 83.2 Å². The fourth-order valence-corrected chi connectivity index (χ4v) is 1.94. The van der Waals surface area contributed by atoms with E-state index in [1.165, 1.54) is 11.3 Å². The second-order valence-electron chi connectivity index (χ2n) is 3.56. The van der Waals surface area contributed by atoms with Gasteiger partial charge < -0.3 is 4.90 Å². The molecular weight excluding hydrogens is 182 g/mol. The van der Waals surface area contributed by atoms with Crippen molar-refractivity contribution in [1.82, 2.24) is 4.90 Å². The van der Waals surface area contributed by atoms with Crippen molar-refractivity contribution in [2.24, 2.45) is 5.92 Å². The highest BCUT2D eigenvalue weighted by Gasteiger charge is 2.12. The van der Waals surface area contributed by atoms with E-state index in [2.05, 4.69) is 13.8 Å². The largest absolute Gasteiger partial charge is 0.341 e. The average Bonchev–Trinajstić information content (AvgIpc) is 2.53. The molecule has 72 valence electrons. The molecule has 0 bridgehead atoms. The summed E-state index contributed by atoms with van der Waals surface area (Å²) in [5.74, 6) is 0.651. The molecule has 1 aromatic heterocycles. The molecule has 13 heavy (non-hydrogen) atoms. The van der Waals surface area contributed by atoms with E-state index in [0.717, 1.165) is 11.4 Å². The minimum Gasteiger partial charge on any atom is -0.341 e. The van der Waals surface area contributed by atoms with Gasteiger partial charge in [0, 0.05) is 13.6 Å². The Bertz CT molecular complexity index is 266. The van der Waals surface area contributed by atoms with E-state index >= 15 is 0 Å². The average molecular weight is 197 g/mol. The number of hydrogen-bond acceptors (Lipinski definition) is 2. The maximum atomic E-state index is 11.7. The number of nitrogens with zero attached hydrogens (tertiary/aromatic N) is 1. The first-order chi connectivity index (χ1) is 6.11. The van der Waals surface area contributed by atoms with Gasteiger partial charge in [0.2, 0.25) is 0 Å². The topological polar surface area (TPSA) is 20.3 Å². The van der Waals surface area contributed by atoms with Crippen LogP contribution in [0.15, 0.2) is 17.5 Å². The van der Waals surface area contributed by atoms with Crippen LogP contribution in [0.3, 0.4) is 0 Å². The summed E-state index contributed by atoms with van der Waals surface area (Å²) < 4.78 is 0. The van der Waals surface area contributed by atoms with Crippen molar-refractivity contribution in [2.75, 3.05) is 13.6 Å². The van der Waals surface area contributed by atoms with Crippen molar-refractivity contribution < 1.29 is 4.79 Å². The first-order valence-corrected chi connectivity index (χ1v) is 5.28. The van der Waals surface area contributed by atoms with E-state index in [-0.39, 0.29) is 5.91 Å². The minimum absolute atomic E-state index is 0.128. The Morgan fingerprint density at radius 2 is 2.31 bits per heavy atom. The zero-order chi connectivity index (χ0) is 9.84. The molecule has 0 radical (unpaired) electrons. The molecule has 0 spiro atoms. The fraction of sp³-hybridized carbons (Fsp3) is 0.500. The van der Waals surface area contributed by atoms with Crippen LogP contribution in [0.25, 0.3) is 0 Å². The Kier molecular flexibility index (Phi) is 3.48. The van der Waals surface area contributed by atoms with Crippen molar-refractivity contribution in [1.29, 1.82) is 0 Å². The van der Waals surface area contributed by atoms with Crippen LogP contribution in [0.1, 0.15) is 23.5 Å². The maximum Gasteiger partial charge on any atom is 0.263 e. The van der Waals surface area contributed by atoms with Crippen LogP contribution in [-0.2, 0) is 0 Å². The molecule has 0 saturated heterocycles. The van der Waals surface area contributed by atoms with Gasteiger partial charge in [-0.2, -0.15) is 0 Å². The summed E-state index contributed by atoms with van der Waals surface area (Å²) in [6.07, 6.45) is 0.